The molecule has 2 aliphatic heterocycles. The number of carbonyl (C=O) groups excluding carboxylic acids is 2. The van der Waals surface area contributed by atoms with Crippen LogP contribution in [-0.4, -0.2) is 63.0 Å². The first-order valence-corrected chi connectivity index (χ1v) is 9.62. The van der Waals surface area contributed by atoms with E-state index in [1.165, 1.54) is 0 Å². The van der Waals surface area contributed by atoms with E-state index in [2.05, 4.69) is 22.1 Å². The molecule has 0 unspecified atom stereocenters. The predicted molar refractivity (Wildman–Crippen MR) is 101 cm³/mol. The van der Waals surface area contributed by atoms with Crippen LogP contribution >= 0.6 is 0 Å². The van der Waals surface area contributed by atoms with Crippen LogP contribution in [0.4, 0.5) is 0 Å². The van der Waals surface area contributed by atoms with Crippen molar-refractivity contribution < 1.29 is 9.59 Å². The highest BCUT2D eigenvalue weighted by molar-refractivity contribution is 5.96. The van der Waals surface area contributed by atoms with Crippen molar-refractivity contribution in [2.75, 3.05) is 26.2 Å². The number of aryl methyl sites for hydroxylation is 1. The summed E-state index contributed by atoms with van der Waals surface area (Å²) in [6.45, 7) is 6.49. The molecular weight excluding hydrogens is 346 g/mol. The number of likely N-dealkylation sites (tertiary alicyclic amines) is 2. The summed E-state index contributed by atoms with van der Waals surface area (Å²) in [7, 11) is 0. The molecule has 1 atom stereocenters. The zero-order valence-electron chi connectivity index (χ0n) is 15.8. The summed E-state index contributed by atoms with van der Waals surface area (Å²) >= 11 is 0. The van der Waals surface area contributed by atoms with Gasteiger partial charge < -0.3 is 9.80 Å². The maximum absolute atomic E-state index is 13.0. The Balaban J connectivity index is 1.58. The number of aromatic nitrogens is 3. The highest BCUT2D eigenvalue weighted by Crippen LogP contribution is 2.40. The van der Waals surface area contributed by atoms with Crippen molar-refractivity contribution in [3.63, 3.8) is 0 Å². The molecule has 144 valence electrons. The quantitative estimate of drug-likeness (QED) is 0.852. The molecule has 2 aromatic heterocycles. The van der Waals surface area contributed by atoms with Crippen LogP contribution in [0.2, 0.25) is 0 Å². The molecule has 2 N–H and O–H groups in total. The van der Waals surface area contributed by atoms with E-state index >= 15 is 0 Å². The van der Waals surface area contributed by atoms with Gasteiger partial charge in [0, 0.05) is 26.2 Å². The first kappa shape index (κ1) is 17.8. The Bertz CT molecular complexity index is 960. The standard InChI is InChI=1S/C19H25N5O3/c1-3-7-23-8-4-5-19(18(23)27)6-9-24(11-19)17(26)13-10-12(2)14-15(20-13)21-22-16(14)25/h10H,3-9,11H2,1-2H3,(H2,20,21,22,25)/t19-/m1/s1. The largest absolute Gasteiger partial charge is 0.342 e. The van der Waals surface area contributed by atoms with Crippen LogP contribution in [0.3, 0.4) is 0 Å². The van der Waals surface area contributed by atoms with Crippen LogP contribution in [-0.2, 0) is 4.79 Å². The van der Waals surface area contributed by atoms with Crippen LogP contribution in [0.5, 0.6) is 0 Å². The Morgan fingerprint density at radius 1 is 1.26 bits per heavy atom. The van der Waals surface area contributed by atoms with Gasteiger partial charge in [-0.25, -0.2) is 4.98 Å². The molecule has 8 nitrogen and oxygen atoms in total. The molecule has 0 aromatic carbocycles. The number of nitrogens with zero attached hydrogens (tertiary/aromatic N) is 3. The minimum absolute atomic E-state index is 0.181. The van der Waals surface area contributed by atoms with E-state index in [9.17, 15) is 14.4 Å². The van der Waals surface area contributed by atoms with Crippen LogP contribution in [0.15, 0.2) is 10.9 Å². The molecule has 0 bridgehead atoms. The van der Waals surface area contributed by atoms with Crippen molar-refractivity contribution in [1.29, 1.82) is 0 Å². The topological polar surface area (TPSA) is 102 Å². The van der Waals surface area contributed by atoms with Crippen LogP contribution in [0.1, 0.15) is 48.7 Å². The number of amides is 2. The highest BCUT2D eigenvalue weighted by atomic mass is 16.2. The minimum Gasteiger partial charge on any atom is -0.342 e. The summed E-state index contributed by atoms with van der Waals surface area (Å²) in [5, 5.41) is 5.70. The third-order valence-corrected chi connectivity index (χ3v) is 5.92. The van der Waals surface area contributed by atoms with Crippen LogP contribution in [0, 0.1) is 12.3 Å². The number of hydrogen-bond acceptors (Lipinski definition) is 4. The summed E-state index contributed by atoms with van der Waals surface area (Å²) < 4.78 is 0. The number of pyridine rings is 1. The van der Waals surface area contributed by atoms with Crippen LogP contribution in [0.25, 0.3) is 11.0 Å². The Labute approximate surface area is 156 Å². The molecule has 27 heavy (non-hydrogen) atoms. The fourth-order valence-electron chi connectivity index (χ4n) is 4.56. The zero-order chi connectivity index (χ0) is 19.2. The molecule has 2 aliphatic rings. The summed E-state index contributed by atoms with van der Waals surface area (Å²) in [6.07, 6.45) is 3.48. The normalized spacial score (nSPS) is 23.0. The fraction of sp³-hybridized carbons (Fsp3) is 0.579. The molecule has 0 saturated carbocycles. The first-order valence-electron chi connectivity index (χ1n) is 9.62. The van der Waals surface area contributed by atoms with Crippen molar-refractivity contribution in [1.82, 2.24) is 25.0 Å². The molecule has 0 radical (unpaired) electrons. The number of aromatic amines is 2. The van der Waals surface area contributed by atoms with Gasteiger partial charge in [-0.2, -0.15) is 0 Å². The van der Waals surface area contributed by atoms with E-state index in [1.54, 1.807) is 17.9 Å². The molecule has 4 heterocycles. The van der Waals surface area contributed by atoms with Crippen molar-refractivity contribution in [2.24, 2.45) is 5.41 Å². The fourth-order valence-corrected chi connectivity index (χ4v) is 4.56. The van der Waals surface area contributed by atoms with Gasteiger partial charge in [0.1, 0.15) is 5.69 Å². The molecule has 2 saturated heterocycles. The molecule has 2 fully saturated rings. The number of hydrogen-bond donors (Lipinski definition) is 2. The van der Waals surface area contributed by atoms with E-state index in [1.807, 2.05) is 4.90 Å². The highest BCUT2D eigenvalue weighted by Gasteiger charge is 2.49. The third-order valence-electron chi connectivity index (χ3n) is 5.92. The lowest BCUT2D eigenvalue weighted by Gasteiger charge is -2.39. The van der Waals surface area contributed by atoms with Crippen LogP contribution < -0.4 is 5.56 Å². The first-order chi connectivity index (χ1) is 12.9. The van der Waals surface area contributed by atoms with Crippen molar-refractivity contribution in [3.05, 3.63) is 27.7 Å². The number of nitrogens with one attached hydrogen (secondary N) is 2. The van der Waals surface area contributed by atoms with E-state index in [0.717, 1.165) is 32.4 Å². The van der Waals surface area contributed by atoms with E-state index in [-0.39, 0.29) is 17.4 Å². The zero-order valence-corrected chi connectivity index (χ0v) is 15.8. The Morgan fingerprint density at radius 3 is 2.85 bits per heavy atom. The summed E-state index contributed by atoms with van der Waals surface area (Å²) in [5.74, 6) is 0.0137. The minimum atomic E-state index is -0.440. The second-order valence-electron chi connectivity index (χ2n) is 7.78. The van der Waals surface area contributed by atoms with Gasteiger partial charge in [0.25, 0.3) is 11.5 Å². The Hall–Kier alpha value is -2.64. The number of H-pyrrole nitrogens is 2. The summed E-state index contributed by atoms with van der Waals surface area (Å²) in [6, 6.07) is 1.66. The SMILES string of the molecule is CCCN1CCC[C@]2(CCN(C(=O)c3cc(C)c4c(=O)[nH][nH]c4n3)C2)C1=O. The molecular formula is C19H25N5O3. The van der Waals surface area contributed by atoms with Gasteiger partial charge in [-0.3, -0.25) is 24.6 Å². The maximum atomic E-state index is 13.0. The van der Waals surface area contributed by atoms with Crippen molar-refractivity contribution in [3.8, 4) is 0 Å². The van der Waals surface area contributed by atoms with Gasteiger partial charge in [-0.1, -0.05) is 6.92 Å². The molecule has 1 spiro atoms. The average molecular weight is 371 g/mol. The predicted octanol–water partition coefficient (Wildman–Crippen LogP) is 1.42. The van der Waals surface area contributed by atoms with Gasteiger partial charge in [-0.15, -0.1) is 0 Å². The number of fused-ring (bicyclic) bond motifs is 1. The van der Waals surface area contributed by atoms with Gasteiger partial charge in [0.15, 0.2) is 5.65 Å². The van der Waals surface area contributed by atoms with E-state index in [4.69, 9.17) is 0 Å². The summed E-state index contributed by atoms with van der Waals surface area (Å²) in [5.41, 5.74) is 0.728. The molecule has 2 aromatic rings. The van der Waals surface area contributed by atoms with Crippen molar-refractivity contribution >= 4 is 22.8 Å². The second kappa shape index (κ2) is 6.51. The lowest BCUT2D eigenvalue weighted by Crippen LogP contribution is -2.50. The molecule has 2 amide bonds. The third kappa shape index (κ3) is 2.83. The smallest absolute Gasteiger partial charge is 0.273 e. The van der Waals surface area contributed by atoms with E-state index in [0.29, 0.717) is 41.8 Å². The number of piperidine rings is 1. The number of carbonyl (C=O) groups is 2. The maximum Gasteiger partial charge on any atom is 0.273 e. The molecule has 0 aliphatic carbocycles. The Morgan fingerprint density at radius 2 is 2.07 bits per heavy atom. The Kier molecular flexibility index (Phi) is 4.28. The lowest BCUT2D eigenvalue weighted by atomic mass is 9.78. The second-order valence-corrected chi connectivity index (χ2v) is 7.78. The lowest BCUT2D eigenvalue weighted by molar-refractivity contribution is -0.145. The van der Waals surface area contributed by atoms with Crippen molar-refractivity contribution in [2.45, 2.75) is 39.5 Å². The molecule has 4 rings (SSSR count). The number of rotatable bonds is 3. The van der Waals surface area contributed by atoms with Gasteiger partial charge >= 0.3 is 0 Å². The monoisotopic (exact) mass is 371 g/mol. The van der Waals surface area contributed by atoms with E-state index < -0.39 is 5.41 Å². The molecule has 8 heteroatoms. The van der Waals surface area contributed by atoms with Gasteiger partial charge in [-0.05, 0) is 44.2 Å². The summed E-state index contributed by atoms with van der Waals surface area (Å²) in [4.78, 5) is 45.8. The van der Waals surface area contributed by atoms with Gasteiger partial charge in [0.05, 0.1) is 10.8 Å². The van der Waals surface area contributed by atoms with Gasteiger partial charge in [0.2, 0.25) is 5.91 Å². The average Bonchev–Trinajstić information content (AvgIpc) is 3.24.